The van der Waals surface area contributed by atoms with Crippen molar-refractivity contribution in [2.45, 2.75) is 45.8 Å². The van der Waals surface area contributed by atoms with Crippen molar-refractivity contribution in [3.05, 3.63) is 47.7 Å². The van der Waals surface area contributed by atoms with Gasteiger partial charge in [0.1, 0.15) is 29.7 Å². The molecule has 0 spiro atoms. The number of nitrogens with one attached hydrogen (secondary N) is 1. The number of phenolic OH excluding ortho intramolecular Hbond substituents is 1. The first-order valence-electron chi connectivity index (χ1n) is 10.8. The number of rotatable bonds is 4. The summed E-state index contributed by atoms with van der Waals surface area (Å²) in [4.78, 5) is 22.2. The van der Waals surface area contributed by atoms with Gasteiger partial charge in [-0.25, -0.2) is 14.8 Å². The molecule has 174 valence electrons. The Morgan fingerprint density at radius 3 is 2.73 bits per heavy atom. The zero-order valence-electron chi connectivity index (χ0n) is 18.7. The topological polar surface area (TPSA) is 108 Å². The molecule has 1 saturated heterocycles. The number of fused-ring (bicyclic) bond motifs is 1. The molecule has 0 bridgehead atoms. The molecule has 0 radical (unpaired) electrons. The van der Waals surface area contributed by atoms with Gasteiger partial charge in [0, 0.05) is 12.2 Å². The number of phenols is 1. The molecule has 1 amide bonds. The fourth-order valence-corrected chi connectivity index (χ4v) is 4.66. The van der Waals surface area contributed by atoms with Crippen LogP contribution in [0.25, 0.3) is 10.9 Å². The highest BCUT2D eigenvalue weighted by Gasteiger charge is 2.43. The molecule has 33 heavy (non-hydrogen) atoms. The minimum absolute atomic E-state index is 0.00714. The van der Waals surface area contributed by atoms with Crippen molar-refractivity contribution in [3.63, 3.8) is 0 Å². The highest BCUT2D eigenvalue weighted by Crippen LogP contribution is 2.38. The Bertz CT molecular complexity index is 1180. The van der Waals surface area contributed by atoms with Crippen molar-refractivity contribution in [1.82, 2.24) is 14.9 Å². The molecule has 3 aromatic rings. The molecule has 1 aromatic heterocycles. The summed E-state index contributed by atoms with van der Waals surface area (Å²) in [6.07, 6.45) is 1.67. The molecule has 8 nitrogen and oxygen atoms in total. The van der Waals surface area contributed by atoms with Crippen LogP contribution in [-0.4, -0.2) is 49.9 Å². The summed E-state index contributed by atoms with van der Waals surface area (Å²) < 4.78 is 6.52. The third-order valence-corrected chi connectivity index (χ3v) is 6.12. The van der Waals surface area contributed by atoms with Gasteiger partial charge in [-0.15, -0.1) is 0 Å². The summed E-state index contributed by atoms with van der Waals surface area (Å²) in [6, 6.07) is 10.1. The summed E-state index contributed by atoms with van der Waals surface area (Å²) >= 11 is 6.06. The molecule has 2 aromatic carbocycles. The maximum atomic E-state index is 11.9. The zero-order valence-corrected chi connectivity index (χ0v) is 19.5. The van der Waals surface area contributed by atoms with E-state index in [1.807, 2.05) is 39.0 Å². The number of piperidine rings is 1. The van der Waals surface area contributed by atoms with E-state index in [4.69, 9.17) is 16.3 Å². The van der Waals surface area contributed by atoms with E-state index in [2.05, 4.69) is 15.3 Å². The number of carbonyl (C=O) groups is 1. The number of hydrogen-bond acceptors (Lipinski definition) is 6. The van der Waals surface area contributed by atoms with Gasteiger partial charge in [0.05, 0.1) is 22.0 Å². The fourth-order valence-electron chi connectivity index (χ4n) is 4.48. The number of carboxylic acid groups (broad SMARTS) is 1. The van der Waals surface area contributed by atoms with E-state index >= 15 is 0 Å². The van der Waals surface area contributed by atoms with E-state index < -0.39 is 6.09 Å². The lowest BCUT2D eigenvalue weighted by atomic mass is 9.79. The largest absolute Gasteiger partial charge is 0.506 e. The molecular formula is C24H27ClN4O4. The number of aromatic nitrogens is 2. The number of halogens is 1. The normalized spacial score (nSPS) is 18.8. The second-order valence-electron chi connectivity index (χ2n) is 9.25. The summed E-state index contributed by atoms with van der Waals surface area (Å²) in [5.41, 5.74) is 1.03. The number of likely N-dealkylation sites (tertiary alicyclic amines) is 1. The molecule has 0 saturated carbocycles. The van der Waals surface area contributed by atoms with Crippen LogP contribution in [-0.2, 0) is 0 Å². The summed E-state index contributed by atoms with van der Waals surface area (Å²) in [7, 11) is 0. The maximum Gasteiger partial charge on any atom is 0.407 e. The predicted octanol–water partition coefficient (Wildman–Crippen LogP) is 5.67. The van der Waals surface area contributed by atoms with Crippen molar-refractivity contribution in [3.8, 4) is 11.5 Å². The lowest BCUT2D eigenvalue weighted by Gasteiger charge is -2.46. The van der Waals surface area contributed by atoms with Crippen LogP contribution in [0.5, 0.6) is 11.5 Å². The van der Waals surface area contributed by atoms with Gasteiger partial charge in [-0.1, -0.05) is 38.4 Å². The van der Waals surface area contributed by atoms with Gasteiger partial charge < -0.3 is 25.2 Å². The van der Waals surface area contributed by atoms with E-state index in [9.17, 15) is 15.0 Å². The molecule has 1 unspecified atom stereocenters. The molecule has 1 aliphatic rings. The number of ether oxygens (including phenoxy) is 1. The first-order chi connectivity index (χ1) is 15.6. The van der Waals surface area contributed by atoms with Crippen molar-refractivity contribution in [2.24, 2.45) is 5.41 Å². The Labute approximate surface area is 197 Å². The number of anilines is 2. The average molecular weight is 471 g/mol. The Kier molecular flexibility index (Phi) is 6.21. The highest BCUT2D eigenvalue weighted by molar-refractivity contribution is 6.32. The Hall–Kier alpha value is -3.26. The quantitative estimate of drug-likeness (QED) is 0.421. The minimum Gasteiger partial charge on any atom is -0.506 e. The third kappa shape index (κ3) is 4.75. The van der Waals surface area contributed by atoms with E-state index in [0.717, 1.165) is 12.8 Å². The van der Waals surface area contributed by atoms with E-state index in [1.165, 1.54) is 17.3 Å². The minimum atomic E-state index is -0.934. The second-order valence-corrected chi connectivity index (χ2v) is 9.66. The second kappa shape index (κ2) is 8.94. The van der Waals surface area contributed by atoms with Crippen molar-refractivity contribution in [2.75, 3.05) is 11.9 Å². The monoisotopic (exact) mass is 470 g/mol. The third-order valence-electron chi connectivity index (χ3n) is 5.82. The van der Waals surface area contributed by atoms with Crippen LogP contribution in [0.3, 0.4) is 0 Å². The van der Waals surface area contributed by atoms with Crippen LogP contribution < -0.4 is 10.1 Å². The highest BCUT2D eigenvalue weighted by atomic mass is 35.5. The Morgan fingerprint density at radius 2 is 2.03 bits per heavy atom. The van der Waals surface area contributed by atoms with Crippen LogP contribution in [0.4, 0.5) is 16.3 Å². The van der Waals surface area contributed by atoms with E-state index in [-0.39, 0.29) is 28.3 Å². The maximum absolute atomic E-state index is 11.9. The van der Waals surface area contributed by atoms with Crippen molar-refractivity contribution >= 4 is 40.1 Å². The standard InChI is InChI=1S/C24H27ClN4O4/c1-24(2,3)21-19(8-5-11-29(21)23(31)32)33-18-7-4-6-16-20(18)22(27-13-26-16)28-14-9-10-17(30)15(25)12-14/h4,6-7,9-10,12-13,19,21,30H,5,8,11H2,1-3H3,(H,31,32)(H,26,27,28)/t19-,21?/m1/s1. The number of nitrogens with zero attached hydrogens (tertiary/aromatic N) is 3. The van der Waals surface area contributed by atoms with Crippen LogP contribution >= 0.6 is 11.6 Å². The first-order valence-corrected chi connectivity index (χ1v) is 11.2. The number of benzene rings is 2. The van der Waals surface area contributed by atoms with E-state index in [0.29, 0.717) is 34.7 Å². The number of aromatic hydroxyl groups is 1. The SMILES string of the molecule is CC(C)(C)C1[C@H](Oc2cccc3ncnc(Nc4ccc(O)c(Cl)c4)c23)CCCN1C(=O)O. The molecule has 3 N–H and O–H groups in total. The molecule has 2 atom stereocenters. The van der Waals surface area contributed by atoms with Crippen LogP contribution in [0.1, 0.15) is 33.6 Å². The summed E-state index contributed by atoms with van der Waals surface area (Å²) in [6.45, 7) is 6.58. The van der Waals surface area contributed by atoms with Gasteiger partial charge >= 0.3 is 6.09 Å². The number of hydrogen-bond donors (Lipinski definition) is 3. The number of amides is 1. The average Bonchev–Trinajstić information content (AvgIpc) is 2.75. The molecule has 4 rings (SSSR count). The van der Waals surface area contributed by atoms with Crippen LogP contribution in [0, 0.1) is 5.41 Å². The lowest BCUT2D eigenvalue weighted by molar-refractivity contribution is -0.0179. The molecule has 1 fully saturated rings. The smallest absolute Gasteiger partial charge is 0.407 e. The predicted molar refractivity (Wildman–Crippen MR) is 128 cm³/mol. The van der Waals surface area contributed by atoms with Crippen LogP contribution in [0.2, 0.25) is 5.02 Å². The van der Waals surface area contributed by atoms with E-state index in [1.54, 1.807) is 12.1 Å². The van der Waals surface area contributed by atoms with Gasteiger partial charge in [0.2, 0.25) is 0 Å². The van der Waals surface area contributed by atoms with Crippen molar-refractivity contribution in [1.29, 1.82) is 0 Å². The van der Waals surface area contributed by atoms with Gasteiger partial charge in [-0.05, 0) is 48.6 Å². The first kappa shape index (κ1) is 22.9. The van der Waals surface area contributed by atoms with Gasteiger partial charge in [-0.2, -0.15) is 0 Å². The Morgan fingerprint density at radius 1 is 1.24 bits per heavy atom. The molecule has 9 heteroatoms. The fraction of sp³-hybridized carbons (Fsp3) is 0.375. The van der Waals surface area contributed by atoms with Gasteiger partial charge in [0.15, 0.2) is 0 Å². The zero-order chi connectivity index (χ0) is 23.8. The van der Waals surface area contributed by atoms with Gasteiger partial charge in [0.25, 0.3) is 0 Å². The molecule has 2 heterocycles. The molecule has 1 aliphatic heterocycles. The summed E-state index contributed by atoms with van der Waals surface area (Å²) in [5, 5.41) is 23.6. The van der Waals surface area contributed by atoms with Crippen LogP contribution in [0.15, 0.2) is 42.7 Å². The Balaban J connectivity index is 1.73. The summed E-state index contributed by atoms with van der Waals surface area (Å²) in [5.74, 6) is 1.09. The molecule has 0 aliphatic carbocycles. The lowest BCUT2D eigenvalue weighted by Crippen LogP contribution is -2.58. The van der Waals surface area contributed by atoms with Crippen molar-refractivity contribution < 1.29 is 19.7 Å². The molecular weight excluding hydrogens is 444 g/mol. The van der Waals surface area contributed by atoms with Gasteiger partial charge in [-0.3, -0.25) is 0 Å².